The van der Waals surface area contributed by atoms with Gasteiger partial charge in [-0.15, -0.1) is 0 Å². The Morgan fingerprint density at radius 1 is 1.41 bits per heavy atom. The number of esters is 1. The second kappa shape index (κ2) is 3.32. The lowest BCUT2D eigenvalue weighted by atomic mass is 9.91. The Morgan fingerprint density at radius 3 is 2.88 bits per heavy atom. The number of hydrogen-bond acceptors (Lipinski definition) is 3. The Balaban J connectivity index is 2.22. The summed E-state index contributed by atoms with van der Waals surface area (Å²) in [6, 6.07) is 7.71. The molecule has 0 aliphatic carbocycles. The molecule has 2 atom stereocenters. The standard InChI is InChI=1S/C12H10BrNO3/c1-12-8-5-3-2-4-7(8)6-9(13)14(12)10(15)11(16)17-12/h2-5,9H,6H2,1H3. The van der Waals surface area contributed by atoms with Crippen LogP contribution in [0.3, 0.4) is 0 Å². The minimum Gasteiger partial charge on any atom is -0.427 e. The first-order valence-corrected chi connectivity index (χ1v) is 6.24. The maximum absolute atomic E-state index is 11.8. The van der Waals surface area contributed by atoms with Crippen molar-refractivity contribution in [3.8, 4) is 0 Å². The van der Waals surface area contributed by atoms with Crippen molar-refractivity contribution < 1.29 is 14.3 Å². The molecule has 0 bridgehead atoms. The molecule has 1 aromatic rings. The third-order valence-electron chi connectivity index (χ3n) is 3.33. The van der Waals surface area contributed by atoms with E-state index in [1.807, 2.05) is 24.3 Å². The lowest BCUT2D eigenvalue weighted by molar-refractivity contribution is -0.155. The number of rotatable bonds is 0. The van der Waals surface area contributed by atoms with E-state index < -0.39 is 17.6 Å². The molecule has 2 unspecified atom stereocenters. The van der Waals surface area contributed by atoms with Crippen LogP contribution in [0.4, 0.5) is 0 Å². The minimum absolute atomic E-state index is 0.207. The predicted molar refractivity (Wildman–Crippen MR) is 63.2 cm³/mol. The van der Waals surface area contributed by atoms with E-state index in [2.05, 4.69) is 15.9 Å². The number of ether oxygens (including phenoxy) is 1. The first-order valence-electron chi connectivity index (χ1n) is 5.33. The van der Waals surface area contributed by atoms with E-state index in [0.717, 1.165) is 11.1 Å². The molecule has 1 aromatic carbocycles. The Labute approximate surface area is 107 Å². The molecular formula is C12H10BrNO3. The number of alkyl halides is 1. The number of amides is 1. The Morgan fingerprint density at radius 2 is 2.12 bits per heavy atom. The number of halogens is 1. The van der Waals surface area contributed by atoms with Crippen LogP contribution in [0.5, 0.6) is 0 Å². The molecule has 1 saturated heterocycles. The van der Waals surface area contributed by atoms with Crippen molar-refractivity contribution in [2.75, 3.05) is 0 Å². The van der Waals surface area contributed by atoms with Crippen LogP contribution in [-0.2, 0) is 26.5 Å². The molecule has 88 valence electrons. The maximum Gasteiger partial charge on any atom is 0.399 e. The number of benzene rings is 1. The molecule has 2 heterocycles. The SMILES string of the molecule is CC12OC(=O)C(=O)N1C(Br)Cc1ccccc12. The summed E-state index contributed by atoms with van der Waals surface area (Å²) in [5.41, 5.74) is 1.00. The molecule has 1 fully saturated rings. The molecule has 0 spiro atoms. The van der Waals surface area contributed by atoms with E-state index >= 15 is 0 Å². The largest absolute Gasteiger partial charge is 0.427 e. The van der Waals surface area contributed by atoms with Crippen LogP contribution >= 0.6 is 15.9 Å². The smallest absolute Gasteiger partial charge is 0.399 e. The molecule has 4 nitrogen and oxygen atoms in total. The summed E-state index contributed by atoms with van der Waals surface area (Å²) in [7, 11) is 0. The summed E-state index contributed by atoms with van der Waals surface area (Å²) in [5, 5.41) is 0. The third kappa shape index (κ3) is 1.29. The molecule has 17 heavy (non-hydrogen) atoms. The molecule has 0 N–H and O–H groups in total. The van der Waals surface area contributed by atoms with E-state index in [1.54, 1.807) is 6.92 Å². The fourth-order valence-electron chi connectivity index (χ4n) is 2.57. The van der Waals surface area contributed by atoms with E-state index in [9.17, 15) is 9.59 Å². The first kappa shape index (κ1) is 10.8. The van der Waals surface area contributed by atoms with Crippen LogP contribution < -0.4 is 0 Å². The van der Waals surface area contributed by atoms with Crippen molar-refractivity contribution in [2.24, 2.45) is 0 Å². The van der Waals surface area contributed by atoms with Crippen LogP contribution in [0.2, 0.25) is 0 Å². The van der Waals surface area contributed by atoms with Crippen LogP contribution in [0.25, 0.3) is 0 Å². The average molecular weight is 296 g/mol. The summed E-state index contributed by atoms with van der Waals surface area (Å²) < 4.78 is 5.27. The van der Waals surface area contributed by atoms with Crippen molar-refractivity contribution in [1.29, 1.82) is 0 Å². The quantitative estimate of drug-likeness (QED) is 0.316. The monoisotopic (exact) mass is 295 g/mol. The van der Waals surface area contributed by atoms with Gasteiger partial charge in [-0.3, -0.25) is 9.69 Å². The van der Waals surface area contributed by atoms with Crippen molar-refractivity contribution >= 4 is 27.8 Å². The van der Waals surface area contributed by atoms with Gasteiger partial charge in [-0.1, -0.05) is 40.2 Å². The van der Waals surface area contributed by atoms with Crippen LogP contribution in [0.15, 0.2) is 24.3 Å². The Hall–Kier alpha value is -1.36. The van der Waals surface area contributed by atoms with Gasteiger partial charge in [0.15, 0.2) is 0 Å². The topological polar surface area (TPSA) is 46.6 Å². The molecule has 5 heteroatoms. The fourth-order valence-corrected chi connectivity index (χ4v) is 3.49. The molecule has 1 amide bonds. The summed E-state index contributed by atoms with van der Waals surface area (Å²) in [6.45, 7) is 1.75. The second-order valence-corrected chi connectivity index (χ2v) is 5.40. The van der Waals surface area contributed by atoms with Gasteiger partial charge in [0.2, 0.25) is 5.72 Å². The highest BCUT2D eigenvalue weighted by atomic mass is 79.9. The molecule has 0 aromatic heterocycles. The van der Waals surface area contributed by atoms with E-state index in [4.69, 9.17) is 4.74 Å². The van der Waals surface area contributed by atoms with Gasteiger partial charge in [-0.25, -0.2) is 4.79 Å². The lowest BCUT2D eigenvalue weighted by Crippen LogP contribution is -2.50. The minimum atomic E-state index is -0.975. The third-order valence-corrected chi connectivity index (χ3v) is 4.06. The highest BCUT2D eigenvalue weighted by Crippen LogP contribution is 2.44. The van der Waals surface area contributed by atoms with E-state index in [1.165, 1.54) is 4.90 Å². The van der Waals surface area contributed by atoms with Crippen LogP contribution in [0.1, 0.15) is 18.1 Å². The predicted octanol–water partition coefficient (Wildman–Crippen LogP) is 1.52. The van der Waals surface area contributed by atoms with Crippen LogP contribution in [-0.4, -0.2) is 21.7 Å². The van der Waals surface area contributed by atoms with Gasteiger partial charge in [0, 0.05) is 12.0 Å². The zero-order chi connectivity index (χ0) is 12.2. The van der Waals surface area contributed by atoms with Gasteiger partial charge < -0.3 is 4.74 Å². The number of nitrogens with zero attached hydrogens (tertiary/aromatic N) is 1. The van der Waals surface area contributed by atoms with Gasteiger partial charge >= 0.3 is 11.9 Å². The summed E-state index contributed by atoms with van der Waals surface area (Å²) >= 11 is 3.44. The highest BCUT2D eigenvalue weighted by molar-refractivity contribution is 9.09. The molecule has 3 rings (SSSR count). The fraction of sp³-hybridized carbons (Fsp3) is 0.333. The van der Waals surface area contributed by atoms with Crippen molar-refractivity contribution in [3.63, 3.8) is 0 Å². The normalized spacial score (nSPS) is 30.9. The van der Waals surface area contributed by atoms with Gasteiger partial charge in [0.05, 0.1) is 4.95 Å². The molecule has 2 aliphatic rings. The highest BCUT2D eigenvalue weighted by Gasteiger charge is 2.56. The van der Waals surface area contributed by atoms with Gasteiger partial charge in [-0.2, -0.15) is 0 Å². The lowest BCUT2D eigenvalue weighted by Gasteiger charge is -2.41. The molecule has 0 radical (unpaired) electrons. The van der Waals surface area contributed by atoms with Gasteiger partial charge in [0.25, 0.3) is 0 Å². The van der Waals surface area contributed by atoms with Gasteiger partial charge in [0.1, 0.15) is 0 Å². The molecule has 2 aliphatic heterocycles. The number of carbonyl (C=O) groups excluding carboxylic acids is 2. The van der Waals surface area contributed by atoms with Gasteiger partial charge in [-0.05, 0) is 12.5 Å². The summed E-state index contributed by atoms with van der Waals surface area (Å²) in [4.78, 5) is 24.5. The molecule has 0 saturated carbocycles. The van der Waals surface area contributed by atoms with E-state index in [0.29, 0.717) is 6.42 Å². The second-order valence-electron chi connectivity index (χ2n) is 4.34. The molecular weight excluding hydrogens is 286 g/mol. The first-order chi connectivity index (χ1) is 8.04. The Kier molecular flexibility index (Phi) is 2.10. The number of fused-ring (bicyclic) bond motifs is 3. The average Bonchev–Trinajstić information content (AvgIpc) is 2.51. The Bertz CT molecular complexity index is 530. The number of hydrogen-bond donors (Lipinski definition) is 0. The zero-order valence-electron chi connectivity index (χ0n) is 9.14. The number of carbonyl (C=O) groups is 2. The summed E-state index contributed by atoms with van der Waals surface area (Å²) in [5.74, 6) is -1.36. The van der Waals surface area contributed by atoms with Crippen LogP contribution in [0, 0.1) is 0 Å². The van der Waals surface area contributed by atoms with Crippen molar-refractivity contribution in [3.05, 3.63) is 35.4 Å². The van der Waals surface area contributed by atoms with Crippen molar-refractivity contribution in [2.45, 2.75) is 24.0 Å². The zero-order valence-corrected chi connectivity index (χ0v) is 10.7. The maximum atomic E-state index is 11.8. The van der Waals surface area contributed by atoms with Crippen molar-refractivity contribution in [1.82, 2.24) is 4.90 Å². The van der Waals surface area contributed by atoms with E-state index in [-0.39, 0.29) is 4.95 Å². The summed E-state index contributed by atoms with van der Waals surface area (Å²) in [6.07, 6.45) is 0.675.